The lowest BCUT2D eigenvalue weighted by atomic mass is 10.2. The zero-order valence-electron chi connectivity index (χ0n) is 12.4. The molecule has 2 nitrogen and oxygen atoms in total. The van der Waals surface area contributed by atoms with E-state index in [9.17, 15) is 4.79 Å². The van der Waals surface area contributed by atoms with Crippen LogP contribution in [-0.2, 0) is 9.22 Å². The van der Waals surface area contributed by atoms with Crippen molar-refractivity contribution >= 4 is 15.0 Å². The van der Waals surface area contributed by atoms with Crippen LogP contribution in [0.25, 0.3) is 0 Å². The van der Waals surface area contributed by atoms with Crippen LogP contribution in [0.4, 0.5) is 0 Å². The summed E-state index contributed by atoms with van der Waals surface area (Å²) >= 11 is 0. The molecule has 2 aromatic rings. The smallest absolute Gasteiger partial charge is 0.399 e. The number of carbonyl (C=O) groups excluding carboxylic acids is 1. The summed E-state index contributed by atoms with van der Waals surface area (Å²) in [5, 5.41) is 0. The standard InChI is InChI=1S/C19H16O2Si/c1-2-19(20)21-22(15-13-17-9-5-3-6-10-17)16-14-18-11-7-4-8-12-18/h3-12,22H,2H2,1H3. The molecule has 0 saturated carbocycles. The van der Waals surface area contributed by atoms with Gasteiger partial charge in [-0.15, -0.1) is 0 Å². The first-order valence-electron chi connectivity index (χ1n) is 7.10. The Balaban J connectivity index is 2.19. The monoisotopic (exact) mass is 304 g/mol. The van der Waals surface area contributed by atoms with Gasteiger partial charge in [-0.1, -0.05) is 66.3 Å². The van der Waals surface area contributed by atoms with E-state index in [4.69, 9.17) is 4.43 Å². The molecule has 108 valence electrons. The molecule has 0 atom stereocenters. The number of rotatable bonds is 2. The fourth-order valence-electron chi connectivity index (χ4n) is 1.65. The van der Waals surface area contributed by atoms with E-state index in [0.29, 0.717) is 6.42 Å². The fraction of sp³-hybridized carbons (Fsp3) is 0.105. The molecular weight excluding hydrogens is 288 g/mol. The molecule has 2 aromatic carbocycles. The van der Waals surface area contributed by atoms with Crippen molar-refractivity contribution in [3.05, 3.63) is 71.8 Å². The van der Waals surface area contributed by atoms with Crippen molar-refractivity contribution in [3.8, 4) is 22.9 Å². The molecule has 0 aromatic heterocycles. The van der Waals surface area contributed by atoms with Crippen LogP contribution in [0.15, 0.2) is 60.7 Å². The summed E-state index contributed by atoms with van der Waals surface area (Å²) in [6.45, 7) is 1.77. The van der Waals surface area contributed by atoms with E-state index in [1.54, 1.807) is 6.92 Å². The molecule has 0 unspecified atom stereocenters. The Bertz CT molecular complexity index is 673. The SMILES string of the molecule is CCC(=O)O[SiH](C#Cc1ccccc1)C#Cc1ccccc1. The molecule has 0 aliphatic heterocycles. The largest absolute Gasteiger partial charge is 0.498 e. The lowest BCUT2D eigenvalue weighted by molar-refractivity contribution is -0.134. The van der Waals surface area contributed by atoms with Gasteiger partial charge in [0, 0.05) is 17.5 Å². The summed E-state index contributed by atoms with van der Waals surface area (Å²) in [7, 11) is -2.22. The molecule has 0 heterocycles. The van der Waals surface area contributed by atoms with E-state index < -0.39 is 9.04 Å². The Morgan fingerprint density at radius 3 is 1.77 bits per heavy atom. The van der Waals surface area contributed by atoms with Crippen LogP contribution in [0.1, 0.15) is 24.5 Å². The molecular formula is C19H16O2Si. The Kier molecular flexibility index (Phi) is 6.05. The number of carbonyl (C=O) groups is 1. The van der Waals surface area contributed by atoms with Crippen molar-refractivity contribution in [2.75, 3.05) is 0 Å². The predicted octanol–water partition coefficient (Wildman–Crippen LogP) is 2.85. The predicted molar refractivity (Wildman–Crippen MR) is 90.2 cm³/mol. The van der Waals surface area contributed by atoms with Crippen LogP contribution in [0.5, 0.6) is 0 Å². The lowest BCUT2D eigenvalue weighted by Crippen LogP contribution is -2.19. The van der Waals surface area contributed by atoms with Crippen molar-refractivity contribution in [2.24, 2.45) is 0 Å². The molecule has 22 heavy (non-hydrogen) atoms. The first-order chi connectivity index (χ1) is 10.8. The molecule has 0 aliphatic rings. The van der Waals surface area contributed by atoms with Crippen LogP contribution < -0.4 is 0 Å². The molecule has 0 aliphatic carbocycles. The average Bonchev–Trinajstić information content (AvgIpc) is 2.59. The Morgan fingerprint density at radius 2 is 1.36 bits per heavy atom. The van der Waals surface area contributed by atoms with E-state index >= 15 is 0 Å². The second-order valence-electron chi connectivity index (χ2n) is 4.49. The van der Waals surface area contributed by atoms with Crippen LogP contribution in [0.2, 0.25) is 0 Å². The lowest BCUT2D eigenvalue weighted by Gasteiger charge is -2.03. The zero-order chi connectivity index (χ0) is 15.6. The third-order valence-corrected chi connectivity index (χ3v) is 4.09. The van der Waals surface area contributed by atoms with Crippen molar-refractivity contribution < 1.29 is 9.22 Å². The third kappa shape index (κ3) is 5.32. The van der Waals surface area contributed by atoms with Gasteiger partial charge in [0.1, 0.15) is 0 Å². The summed E-state index contributed by atoms with van der Waals surface area (Å²) in [6, 6.07) is 19.3. The maximum atomic E-state index is 11.5. The van der Waals surface area contributed by atoms with Crippen molar-refractivity contribution in [3.63, 3.8) is 0 Å². The third-order valence-electron chi connectivity index (χ3n) is 2.78. The van der Waals surface area contributed by atoms with E-state index in [1.807, 2.05) is 60.7 Å². The molecule has 0 amide bonds. The topological polar surface area (TPSA) is 26.3 Å². The number of benzene rings is 2. The van der Waals surface area contributed by atoms with Crippen molar-refractivity contribution in [1.82, 2.24) is 0 Å². The van der Waals surface area contributed by atoms with Gasteiger partial charge in [-0.3, -0.25) is 4.79 Å². The summed E-state index contributed by atoms with van der Waals surface area (Å²) in [6.07, 6.45) is 0.337. The zero-order valence-corrected chi connectivity index (χ0v) is 13.5. The Labute approximate surface area is 132 Å². The highest BCUT2D eigenvalue weighted by molar-refractivity contribution is 6.71. The highest BCUT2D eigenvalue weighted by atomic mass is 28.3. The van der Waals surface area contributed by atoms with Crippen molar-refractivity contribution in [2.45, 2.75) is 13.3 Å². The highest BCUT2D eigenvalue weighted by Crippen LogP contribution is 1.98. The van der Waals surface area contributed by atoms with Gasteiger partial charge in [-0.25, -0.2) is 0 Å². The van der Waals surface area contributed by atoms with Gasteiger partial charge in [0.15, 0.2) is 0 Å². The van der Waals surface area contributed by atoms with E-state index in [-0.39, 0.29) is 5.97 Å². The fourth-order valence-corrected chi connectivity index (χ4v) is 2.87. The first kappa shape index (κ1) is 15.6. The minimum atomic E-state index is -2.22. The van der Waals surface area contributed by atoms with Gasteiger partial charge in [-0.2, -0.15) is 0 Å². The first-order valence-corrected chi connectivity index (χ1v) is 8.73. The maximum Gasteiger partial charge on any atom is 0.399 e. The minimum absolute atomic E-state index is 0.249. The second-order valence-corrected chi connectivity index (χ2v) is 6.07. The van der Waals surface area contributed by atoms with Gasteiger partial charge in [0.2, 0.25) is 0 Å². The normalized spacial score (nSPS) is 9.18. The van der Waals surface area contributed by atoms with Gasteiger partial charge in [0.25, 0.3) is 5.97 Å². The second kappa shape index (κ2) is 8.52. The van der Waals surface area contributed by atoms with E-state index in [0.717, 1.165) is 11.1 Å². The molecule has 0 saturated heterocycles. The number of hydrogen-bond acceptors (Lipinski definition) is 2. The highest BCUT2D eigenvalue weighted by Gasteiger charge is 2.10. The molecule has 0 N–H and O–H groups in total. The minimum Gasteiger partial charge on any atom is -0.498 e. The van der Waals surface area contributed by atoms with Gasteiger partial charge >= 0.3 is 9.04 Å². The van der Waals surface area contributed by atoms with Crippen molar-refractivity contribution in [1.29, 1.82) is 0 Å². The van der Waals surface area contributed by atoms with Crippen LogP contribution >= 0.6 is 0 Å². The summed E-state index contributed by atoms with van der Waals surface area (Å²) in [5.74, 6) is 5.84. The maximum absolute atomic E-state index is 11.5. The summed E-state index contributed by atoms with van der Waals surface area (Å²) < 4.78 is 5.40. The Morgan fingerprint density at radius 1 is 0.909 bits per heavy atom. The quantitative estimate of drug-likeness (QED) is 0.630. The molecule has 0 spiro atoms. The molecule has 3 heteroatoms. The number of hydrogen-bond donors (Lipinski definition) is 0. The van der Waals surface area contributed by atoms with Crippen LogP contribution in [-0.4, -0.2) is 15.0 Å². The Hall–Kier alpha value is -2.75. The molecule has 0 radical (unpaired) electrons. The van der Waals surface area contributed by atoms with Crippen LogP contribution in [0, 0.1) is 22.9 Å². The molecule has 0 fully saturated rings. The van der Waals surface area contributed by atoms with Crippen LogP contribution in [0.3, 0.4) is 0 Å². The van der Waals surface area contributed by atoms with Gasteiger partial charge in [0.05, 0.1) is 0 Å². The summed E-state index contributed by atoms with van der Waals surface area (Å²) in [5.41, 5.74) is 7.88. The average molecular weight is 304 g/mol. The van der Waals surface area contributed by atoms with Gasteiger partial charge in [-0.05, 0) is 24.3 Å². The summed E-state index contributed by atoms with van der Waals surface area (Å²) in [4.78, 5) is 11.5. The molecule has 2 rings (SSSR count). The van der Waals surface area contributed by atoms with Gasteiger partial charge < -0.3 is 4.43 Å². The molecule has 0 bridgehead atoms. The van der Waals surface area contributed by atoms with E-state index in [2.05, 4.69) is 22.9 Å². The van der Waals surface area contributed by atoms with E-state index in [1.165, 1.54) is 0 Å².